The minimum absolute atomic E-state index is 0.483. The Labute approximate surface area is 95.0 Å². The van der Waals surface area contributed by atoms with Crippen LogP contribution in [0, 0.1) is 11.8 Å². The molecule has 0 amide bonds. The first-order valence-corrected chi connectivity index (χ1v) is 6.19. The second-order valence-corrected chi connectivity index (χ2v) is 5.47. The summed E-state index contributed by atoms with van der Waals surface area (Å²) in [6.07, 6.45) is 2.67. The molecular weight excluding hydrogens is 188 g/mol. The molecule has 92 valence electrons. The maximum Gasteiger partial charge on any atom is 0.0885 e. The van der Waals surface area contributed by atoms with Crippen LogP contribution < -0.4 is 0 Å². The number of hydrogen-bond acceptors (Lipinski definition) is 2. The van der Waals surface area contributed by atoms with Gasteiger partial charge in [-0.3, -0.25) is 0 Å². The van der Waals surface area contributed by atoms with Gasteiger partial charge >= 0.3 is 0 Å². The molecule has 0 fully saturated rings. The molecule has 0 aliphatic rings. The Kier molecular flexibility index (Phi) is 7.20. The molecule has 0 saturated heterocycles. The number of rotatable bonds is 8. The lowest BCUT2D eigenvalue weighted by molar-refractivity contribution is -0.0705. The Balaban J connectivity index is 4.14. The molecule has 0 rings (SSSR count). The van der Waals surface area contributed by atoms with E-state index in [-0.39, 0.29) is 0 Å². The summed E-state index contributed by atoms with van der Waals surface area (Å²) in [6, 6.07) is 0. The fourth-order valence-corrected chi connectivity index (χ4v) is 2.13. The lowest BCUT2D eigenvalue weighted by Crippen LogP contribution is -2.37. The van der Waals surface area contributed by atoms with Crippen LogP contribution in [0.4, 0.5) is 0 Å². The molecule has 0 aromatic heterocycles. The Morgan fingerprint density at radius 1 is 1.07 bits per heavy atom. The Morgan fingerprint density at radius 3 is 1.87 bits per heavy atom. The summed E-state index contributed by atoms with van der Waals surface area (Å²) in [7, 11) is 0. The largest absolute Gasteiger partial charge is 0.387 e. The second kappa shape index (κ2) is 7.24. The van der Waals surface area contributed by atoms with Gasteiger partial charge in [-0.05, 0) is 31.1 Å². The molecule has 0 aromatic rings. The zero-order chi connectivity index (χ0) is 11.9. The molecule has 0 unspecified atom stereocenters. The van der Waals surface area contributed by atoms with Gasteiger partial charge in [-0.25, -0.2) is 0 Å². The summed E-state index contributed by atoms with van der Waals surface area (Å²) < 4.78 is 5.50. The highest BCUT2D eigenvalue weighted by atomic mass is 16.5. The molecule has 15 heavy (non-hydrogen) atoms. The highest BCUT2D eigenvalue weighted by Gasteiger charge is 2.29. The van der Waals surface area contributed by atoms with E-state index in [1.165, 1.54) is 0 Å². The van der Waals surface area contributed by atoms with Crippen LogP contribution in [0.2, 0.25) is 0 Å². The molecule has 0 bridgehead atoms. The van der Waals surface area contributed by atoms with Crippen LogP contribution >= 0.6 is 0 Å². The summed E-state index contributed by atoms with van der Waals surface area (Å²) in [4.78, 5) is 0. The first-order valence-electron chi connectivity index (χ1n) is 6.19. The lowest BCUT2D eigenvalue weighted by Gasteiger charge is -2.31. The first kappa shape index (κ1) is 14.9. The number of hydrogen-bond donors (Lipinski definition) is 1. The summed E-state index contributed by atoms with van der Waals surface area (Å²) in [6.45, 7) is 11.9. The molecule has 0 atom stereocenters. The van der Waals surface area contributed by atoms with Crippen molar-refractivity contribution in [1.29, 1.82) is 0 Å². The van der Waals surface area contributed by atoms with Gasteiger partial charge in [0, 0.05) is 6.61 Å². The van der Waals surface area contributed by atoms with Crippen molar-refractivity contribution in [3.05, 3.63) is 0 Å². The molecule has 1 N–H and O–H groups in total. The van der Waals surface area contributed by atoms with Crippen LogP contribution in [-0.4, -0.2) is 23.9 Å². The van der Waals surface area contributed by atoms with Crippen LogP contribution in [0.1, 0.15) is 53.9 Å². The predicted octanol–water partition coefficient (Wildman–Crippen LogP) is 3.24. The summed E-state index contributed by atoms with van der Waals surface area (Å²) in [5.41, 5.74) is -0.627. The SMILES string of the molecule is CCCOCC(O)(CC(C)C)CC(C)C. The Morgan fingerprint density at radius 2 is 1.53 bits per heavy atom. The molecular formula is C13H28O2. The maximum atomic E-state index is 10.5. The van der Waals surface area contributed by atoms with Gasteiger partial charge in [0.1, 0.15) is 0 Å². The van der Waals surface area contributed by atoms with Crippen LogP contribution in [0.15, 0.2) is 0 Å². The number of aliphatic hydroxyl groups is 1. The quantitative estimate of drug-likeness (QED) is 0.631. The van der Waals surface area contributed by atoms with Gasteiger partial charge in [-0.2, -0.15) is 0 Å². The van der Waals surface area contributed by atoms with Crippen molar-refractivity contribution in [2.45, 2.75) is 59.5 Å². The number of ether oxygens (including phenoxy) is 1. The fourth-order valence-electron chi connectivity index (χ4n) is 2.13. The minimum Gasteiger partial charge on any atom is -0.387 e. The van der Waals surface area contributed by atoms with Gasteiger partial charge in [0.05, 0.1) is 12.2 Å². The van der Waals surface area contributed by atoms with Crippen molar-refractivity contribution in [3.8, 4) is 0 Å². The average Bonchev–Trinajstić information content (AvgIpc) is 2.00. The minimum atomic E-state index is -0.627. The lowest BCUT2D eigenvalue weighted by atomic mass is 9.86. The van der Waals surface area contributed by atoms with E-state index in [0.717, 1.165) is 25.9 Å². The first-order chi connectivity index (χ1) is 6.89. The van der Waals surface area contributed by atoms with Gasteiger partial charge in [-0.1, -0.05) is 34.6 Å². The van der Waals surface area contributed by atoms with Gasteiger partial charge < -0.3 is 9.84 Å². The van der Waals surface area contributed by atoms with E-state index < -0.39 is 5.60 Å². The normalized spacial score (nSPS) is 12.8. The van der Waals surface area contributed by atoms with Crippen LogP contribution in [0.3, 0.4) is 0 Å². The van der Waals surface area contributed by atoms with Crippen LogP contribution in [-0.2, 0) is 4.74 Å². The Hall–Kier alpha value is -0.0800. The third-order valence-corrected chi connectivity index (χ3v) is 2.30. The average molecular weight is 216 g/mol. The van der Waals surface area contributed by atoms with Gasteiger partial charge in [-0.15, -0.1) is 0 Å². The van der Waals surface area contributed by atoms with Crippen molar-refractivity contribution in [3.63, 3.8) is 0 Å². The monoisotopic (exact) mass is 216 g/mol. The third-order valence-electron chi connectivity index (χ3n) is 2.30. The van der Waals surface area contributed by atoms with Crippen molar-refractivity contribution in [1.82, 2.24) is 0 Å². The van der Waals surface area contributed by atoms with Crippen molar-refractivity contribution >= 4 is 0 Å². The van der Waals surface area contributed by atoms with Crippen molar-refractivity contribution in [2.75, 3.05) is 13.2 Å². The maximum absolute atomic E-state index is 10.5. The summed E-state index contributed by atoms with van der Waals surface area (Å²) in [5.74, 6) is 1.03. The van der Waals surface area contributed by atoms with Gasteiger partial charge in [0.15, 0.2) is 0 Å². The van der Waals surface area contributed by atoms with E-state index >= 15 is 0 Å². The van der Waals surface area contributed by atoms with Gasteiger partial charge in [0.2, 0.25) is 0 Å². The molecule has 0 radical (unpaired) electrons. The molecule has 0 aliphatic carbocycles. The highest BCUT2D eigenvalue weighted by molar-refractivity contribution is 4.80. The fraction of sp³-hybridized carbons (Fsp3) is 1.00. The summed E-state index contributed by atoms with van der Waals surface area (Å²) >= 11 is 0. The van der Waals surface area contributed by atoms with Crippen molar-refractivity contribution in [2.24, 2.45) is 11.8 Å². The van der Waals surface area contributed by atoms with E-state index in [1.54, 1.807) is 0 Å². The highest BCUT2D eigenvalue weighted by Crippen LogP contribution is 2.25. The van der Waals surface area contributed by atoms with E-state index in [9.17, 15) is 5.11 Å². The molecule has 0 heterocycles. The Bertz CT molecular complexity index is 143. The zero-order valence-corrected chi connectivity index (χ0v) is 11.0. The van der Waals surface area contributed by atoms with E-state index in [2.05, 4.69) is 34.6 Å². The molecule has 0 saturated carbocycles. The standard InChI is InChI=1S/C13H28O2/c1-6-7-15-10-13(14,8-11(2)3)9-12(4)5/h11-12,14H,6-10H2,1-5H3. The zero-order valence-electron chi connectivity index (χ0n) is 11.0. The third kappa shape index (κ3) is 7.80. The van der Waals surface area contributed by atoms with E-state index in [0.29, 0.717) is 18.4 Å². The molecule has 0 aliphatic heterocycles. The predicted molar refractivity (Wildman–Crippen MR) is 65.0 cm³/mol. The van der Waals surface area contributed by atoms with Crippen LogP contribution in [0.25, 0.3) is 0 Å². The molecule has 2 nitrogen and oxygen atoms in total. The smallest absolute Gasteiger partial charge is 0.0885 e. The molecule has 2 heteroatoms. The molecule has 0 aromatic carbocycles. The van der Waals surface area contributed by atoms with Crippen molar-refractivity contribution < 1.29 is 9.84 Å². The van der Waals surface area contributed by atoms with Crippen LogP contribution in [0.5, 0.6) is 0 Å². The topological polar surface area (TPSA) is 29.5 Å². The molecule has 0 spiro atoms. The second-order valence-electron chi connectivity index (χ2n) is 5.47. The van der Waals surface area contributed by atoms with E-state index in [1.807, 2.05) is 0 Å². The van der Waals surface area contributed by atoms with E-state index in [4.69, 9.17) is 4.74 Å². The summed E-state index contributed by atoms with van der Waals surface area (Å²) in [5, 5.41) is 10.5. The van der Waals surface area contributed by atoms with Gasteiger partial charge in [0.25, 0.3) is 0 Å².